The first kappa shape index (κ1) is 33.1. The van der Waals surface area contributed by atoms with E-state index in [9.17, 15) is 0 Å². The van der Waals surface area contributed by atoms with Gasteiger partial charge in [-0.25, -0.2) is 0 Å². The average molecular weight is 716 g/mol. The third-order valence-corrected chi connectivity index (χ3v) is 10.7. The molecule has 0 spiro atoms. The molecule has 0 radical (unpaired) electrons. The molecule has 1 aromatic heterocycles. The first-order valence-corrected chi connectivity index (χ1v) is 19.0. The van der Waals surface area contributed by atoms with Gasteiger partial charge in [-0.3, -0.25) is 4.98 Å². The minimum atomic E-state index is 0.942. The van der Waals surface area contributed by atoms with Gasteiger partial charge in [0.2, 0.25) is 0 Å². The highest BCUT2D eigenvalue weighted by atomic mass is 15.1. The molecule has 0 saturated heterocycles. The van der Waals surface area contributed by atoms with Gasteiger partial charge in [0.25, 0.3) is 0 Å². The molecule has 10 aromatic rings. The highest BCUT2D eigenvalue weighted by molar-refractivity contribution is 6.26. The number of para-hydroxylation sites is 4. The quantitative estimate of drug-likeness (QED) is 0.146. The third kappa shape index (κ3) is 6.12. The first-order valence-electron chi connectivity index (χ1n) is 19.0. The van der Waals surface area contributed by atoms with E-state index in [-0.39, 0.29) is 0 Å². The molecule has 0 saturated carbocycles. The molecule has 10 rings (SSSR count). The zero-order valence-electron chi connectivity index (χ0n) is 30.7. The zero-order chi connectivity index (χ0) is 37.3. The summed E-state index contributed by atoms with van der Waals surface area (Å²) < 4.78 is 0. The summed E-state index contributed by atoms with van der Waals surface area (Å²) in [6, 6.07) is 77.7. The molecule has 1 heterocycles. The van der Waals surface area contributed by atoms with Gasteiger partial charge in [0.1, 0.15) is 0 Å². The Labute approximate surface area is 327 Å². The van der Waals surface area contributed by atoms with Crippen molar-refractivity contribution in [1.29, 1.82) is 0 Å². The van der Waals surface area contributed by atoms with Crippen molar-refractivity contribution in [3.63, 3.8) is 0 Å². The van der Waals surface area contributed by atoms with Crippen molar-refractivity contribution in [2.45, 2.75) is 0 Å². The maximum atomic E-state index is 5.02. The van der Waals surface area contributed by atoms with Crippen LogP contribution in [0.1, 0.15) is 0 Å². The molecular formula is C53H37N3. The molecule has 0 unspecified atom stereocenters. The number of anilines is 6. The van der Waals surface area contributed by atoms with Crippen LogP contribution in [-0.2, 0) is 0 Å². The van der Waals surface area contributed by atoms with Crippen molar-refractivity contribution >= 4 is 66.4 Å². The predicted octanol–water partition coefficient (Wildman–Crippen LogP) is 14.8. The topological polar surface area (TPSA) is 19.4 Å². The van der Waals surface area contributed by atoms with Crippen LogP contribution in [0.3, 0.4) is 0 Å². The number of hydrogen-bond donors (Lipinski definition) is 0. The molecule has 0 N–H and O–H groups in total. The number of aromatic nitrogens is 1. The van der Waals surface area contributed by atoms with Gasteiger partial charge in [0.05, 0.1) is 17.6 Å². The average Bonchev–Trinajstić information content (AvgIpc) is 3.28. The molecule has 0 atom stereocenters. The SMILES string of the molecule is c1ccc(N(c2ccccc2)c2ccc(-c3ccc4c5ccc(-c6ccc(N(c7ccccc7)c7ccccc7)cn6)cc5c5ccccc5c4c3)cc2)cc1. The summed E-state index contributed by atoms with van der Waals surface area (Å²) in [7, 11) is 0. The lowest BCUT2D eigenvalue weighted by Gasteiger charge is -2.25. The van der Waals surface area contributed by atoms with Crippen LogP contribution >= 0.6 is 0 Å². The highest BCUT2D eigenvalue weighted by Gasteiger charge is 2.16. The molecule has 0 bridgehead atoms. The minimum absolute atomic E-state index is 0.942. The molecule has 0 aliphatic rings. The van der Waals surface area contributed by atoms with Gasteiger partial charge < -0.3 is 9.80 Å². The molecule has 3 nitrogen and oxygen atoms in total. The van der Waals surface area contributed by atoms with Crippen molar-refractivity contribution in [3.8, 4) is 22.4 Å². The minimum Gasteiger partial charge on any atom is -0.311 e. The van der Waals surface area contributed by atoms with Crippen molar-refractivity contribution in [2.75, 3.05) is 9.80 Å². The van der Waals surface area contributed by atoms with Crippen LogP contribution in [0.15, 0.2) is 225 Å². The van der Waals surface area contributed by atoms with Crippen LogP contribution in [0.4, 0.5) is 34.1 Å². The van der Waals surface area contributed by atoms with Gasteiger partial charge in [-0.2, -0.15) is 0 Å². The Morgan fingerprint density at radius 2 is 0.607 bits per heavy atom. The Hall–Kier alpha value is -7.49. The van der Waals surface area contributed by atoms with E-state index in [1.165, 1.54) is 43.4 Å². The Morgan fingerprint density at radius 3 is 1.07 bits per heavy atom. The van der Waals surface area contributed by atoms with E-state index in [2.05, 4.69) is 216 Å². The smallest absolute Gasteiger partial charge is 0.0703 e. The Morgan fingerprint density at radius 1 is 0.250 bits per heavy atom. The maximum absolute atomic E-state index is 5.02. The van der Waals surface area contributed by atoms with Crippen LogP contribution in [0.2, 0.25) is 0 Å². The Balaban J connectivity index is 1.01. The van der Waals surface area contributed by atoms with Gasteiger partial charge in [0, 0.05) is 34.0 Å². The van der Waals surface area contributed by atoms with Crippen LogP contribution in [0.25, 0.3) is 54.7 Å². The van der Waals surface area contributed by atoms with Crippen molar-refractivity contribution < 1.29 is 0 Å². The normalized spacial score (nSPS) is 11.2. The second kappa shape index (κ2) is 14.4. The van der Waals surface area contributed by atoms with E-state index in [4.69, 9.17) is 4.98 Å². The van der Waals surface area contributed by atoms with Crippen LogP contribution < -0.4 is 9.80 Å². The Kier molecular flexibility index (Phi) is 8.51. The van der Waals surface area contributed by atoms with Crippen LogP contribution in [0.5, 0.6) is 0 Å². The molecule has 0 fully saturated rings. The largest absolute Gasteiger partial charge is 0.311 e. The summed E-state index contributed by atoms with van der Waals surface area (Å²) in [5.41, 5.74) is 11.0. The summed E-state index contributed by atoms with van der Waals surface area (Å²) in [5.74, 6) is 0. The number of benzene rings is 9. The molecule has 264 valence electrons. The third-order valence-electron chi connectivity index (χ3n) is 10.7. The fraction of sp³-hybridized carbons (Fsp3) is 0. The van der Waals surface area contributed by atoms with Gasteiger partial charge in [-0.1, -0.05) is 133 Å². The summed E-state index contributed by atoms with van der Waals surface area (Å²) in [4.78, 5) is 9.56. The highest BCUT2D eigenvalue weighted by Crippen LogP contribution is 2.41. The first-order chi connectivity index (χ1) is 27.8. The molecule has 3 heteroatoms. The van der Waals surface area contributed by atoms with Gasteiger partial charge in [-0.05, 0) is 128 Å². The van der Waals surface area contributed by atoms with Crippen molar-refractivity contribution in [3.05, 3.63) is 225 Å². The lowest BCUT2D eigenvalue weighted by Crippen LogP contribution is -2.09. The summed E-state index contributed by atoms with van der Waals surface area (Å²) in [5, 5.41) is 7.44. The maximum Gasteiger partial charge on any atom is 0.0703 e. The number of rotatable bonds is 8. The monoisotopic (exact) mass is 715 g/mol. The number of nitrogens with zero attached hydrogens (tertiary/aromatic N) is 3. The summed E-state index contributed by atoms with van der Waals surface area (Å²) >= 11 is 0. The van der Waals surface area contributed by atoms with E-state index < -0.39 is 0 Å². The molecule has 0 aliphatic heterocycles. The van der Waals surface area contributed by atoms with E-state index in [0.717, 1.165) is 45.4 Å². The van der Waals surface area contributed by atoms with Crippen molar-refractivity contribution in [2.24, 2.45) is 0 Å². The van der Waals surface area contributed by atoms with E-state index in [1.54, 1.807) is 0 Å². The predicted molar refractivity (Wildman–Crippen MR) is 237 cm³/mol. The zero-order valence-corrected chi connectivity index (χ0v) is 30.7. The summed E-state index contributed by atoms with van der Waals surface area (Å²) in [6.07, 6.45) is 1.98. The fourth-order valence-corrected chi connectivity index (χ4v) is 7.99. The molecule has 0 aliphatic carbocycles. The molecule has 9 aromatic carbocycles. The summed E-state index contributed by atoms with van der Waals surface area (Å²) in [6.45, 7) is 0. The molecule has 0 amide bonds. The lowest BCUT2D eigenvalue weighted by molar-refractivity contribution is 1.23. The standard InChI is InChI=1S/C53H37N3/c1-5-15-41(16-6-1)55(42-17-7-2-8-18-42)45-29-25-38(26-30-45)39-27-32-49-50-33-28-40(36-52(50)48-24-14-13-23-47(48)51(49)35-39)53-34-31-46(37-54-53)56(43-19-9-3-10-20-43)44-21-11-4-12-22-44/h1-37H. The molecule has 56 heavy (non-hydrogen) atoms. The molecular weight excluding hydrogens is 679 g/mol. The number of hydrogen-bond acceptors (Lipinski definition) is 3. The van der Waals surface area contributed by atoms with Gasteiger partial charge in [0.15, 0.2) is 0 Å². The van der Waals surface area contributed by atoms with Gasteiger partial charge >= 0.3 is 0 Å². The van der Waals surface area contributed by atoms with E-state index >= 15 is 0 Å². The number of pyridine rings is 1. The Bertz CT molecular complexity index is 2620. The lowest BCUT2D eigenvalue weighted by atomic mass is 9.91. The number of fused-ring (bicyclic) bond motifs is 6. The van der Waals surface area contributed by atoms with E-state index in [0.29, 0.717) is 0 Å². The van der Waals surface area contributed by atoms with Gasteiger partial charge in [-0.15, -0.1) is 0 Å². The van der Waals surface area contributed by atoms with Crippen molar-refractivity contribution in [1.82, 2.24) is 4.98 Å². The second-order valence-electron chi connectivity index (χ2n) is 14.0. The van der Waals surface area contributed by atoms with Crippen LogP contribution in [0, 0.1) is 0 Å². The van der Waals surface area contributed by atoms with Crippen LogP contribution in [-0.4, -0.2) is 4.98 Å². The second-order valence-corrected chi connectivity index (χ2v) is 14.0. The van der Waals surface area contributed by atoms with E-state index in [1.807, 2.05) is 18.3 Å². The fourth-order valence-electron chi connectivity index (χ4n) is 7.99.